The molecule has 80 valence electrons. The maximum absolute atomic E-state index is 10.1. The molecule has 1 aliphatic heterocycles. The molecule has 0 radical (unpaired) electrons. The number of aliphatic hydroxyl groups is 1. The summed E-state index contributed by atoms with van der Waals surface area (Å²) in [6.45, 7) is 4.11. The number of thioether (sulfide) groups is 1. The lowest BCUT2D eigenvalue weighted by Crippen LogP contribution is -2.19. The van der Waals surface area contributed by atoms with E-state index >= 15 is 0 Å². The van der Waals surface area contributed by atoms with Gasteiger partial charge in [0.25, 0.3) is 0 Å². The maximum Gasteiger partial charge on any atom is 0.153 e. The Bertz CT molecular complexity index is 422. The molecule has 0 aromatic heterocycles. The van der Waals surface area contributed by atoms with E-state index in [1.165, 1.54) is 0 Å². The third kappa shape index (κ3) is 1.45. The van der Waals surface area contributed by atoms with Crippen molar-refractivity contribution in [1.82, 2.24) is 0 Å². The van der Waals surface area contributed by atoms with Gasteiger partial charge >= 0.3 is 0 Å². The monoisotopic (exact) mass is 222 g/mol. The van der Waals surface area contributed by atoms with Gasteiger partial charge in [0.1, 0.15) is 5.75 Å². The SMILES string of the molecule is CC1(C)Oc2c(cccc2C2(O)CC2)S1. The standard InChI is InChI=1S/C12H14O2S/c1-11(2)14-10-8(12(13)6-7-12)4-3-5-9(10)15-11/h3-5,13H,6-7H2,1-2H3. The van der Waals surface area contributed by atoms with Crippen molar-refractivity contribution in [1.29, 1.82) is 0 Å². The molecular formula is C12H14O2S. The molecule has 3 rings (SSSR count). The van der Waals surface area contributed by atoms with Gasteiger partial charge in [-0.05, 0) is 32.8 Å². The zero-order chi connectivity index (χ0) is 10.7. The number of hydrogen-bond donors (Lipinski definition) is 1. The molecule has 1 aromatic rings. The number of ether oxygens (including phenoxy) is 1. The highest BCUT2D eigenvalue weighted by Gasteiger charge is 2.47. The number of benzene rings is 1. The lowest BCUT2D eigenvalue weighted by molar-refractivity contribution is 0.139. The van der Waals surface area contributed by atoms with Gasteiger partial charge in [0.2, 0.25) is 0 Å². The average molecular weight is 222 g/mol. The second kappa shape index (κ2) is 2.71. The van der Waals surface area contributed by atoms with Crippen LogP contribution in [-0.4, -0.2) is 10.0 Å². The van der Waals surface area contributed by atoms with Crippen molar-refractivity contribution < 1.29 is 9.84 Å². The fourth-order valence-electron chi connectivity index (χ4n) is 1.99. The van der Waals surface area contributed by atoms with Gasteiger partial charge in [0.05, 0.1) is 10.5 Å². The third-order valence-corrected chi connectivity index (χ3v) is 4.02. The van der Waals surface area contributed by atoms with Gasteiger partial charge in [0.15, 0.2) is 4.93 Å². The lowest BCUT2D eigenvalue weighted by Gasteiger charge is -2.18. The van der Waals surface area contributed by atoms with Gasteiger partial charge in [-0.25, -0.2) is 0 Å². The van der Waals surface area contributed by atoms with Crippen LogP contribution in [0.25, 0.3) is 0 Å². The minimum Gasteiger partial charge on any atom is -0.475 e. The van der Waals surface area contributed by atoms with Crippen LogP contribution in [0.1, 0.15) is 32.3 Å². The highest BCUT2D eigenvalue weighted by molar-refractivity contribution is 8.00. The summed E-state index contributed by atoms with van der Waals surface area (Å²) in [5.74, 6) is 0.896. The predicted octanol–water partition coefficient (Wildman–Crippen LogP) is 2.89. The Labute approximate surface area is 93.6 Å². The number of hydrogen-bond acceptors (Lipinski definition) is 3. The number of para-hydroxylation sites is 1. The maximum atomic E-state index is 10.1. The van der Waals surface area contributed by atoms with Crippen molar-refractivity contribution >= 4 is 11.8 Å². The molecular weight excluding hydrogens is 208 g/mol. The minimum absolute atomic E-state index is 0.205. The molecule has 0 saturated heterocycles. The lowest BCUT2D eigenvalue weighted by atomic mass is 10.1. The van der Waals surface area contributed by atoms with Crippen molar-refractivity contribution in [2.75, 3.05) is 0 Å². The van der Waals surface area contributed by atoms with E-state index in [4.69, 9.17) is 4.74 Å². The van der Waals surface area contributed by atoms with E-state index in [1.807, 2.05) is 12.1 Å². The third-order valence-electron chi connectivity index (χ3n) is 2.91. The fraction of sp³-hybridized carbons (Fsp3) is 0.500. The first-order valence-electron chi connectivity index (χ1n) is 5.24. The summed E-state index contributed by atoms with van der Waals surface area (Å²) in [5.41, 5.74) is 0.366. The number of fused-ring (bicyclic) bond motifs is 1. The zero-order valence-corrected chi connectivity index (χ0v) is 9.73. The summed E-state index contributed by atoms with van der Waals surface area (Å²) >= 11 is 1.72. The summed E-state index contributed by atoms with van der Waals surface area (Å²) in [5, 5.41) is 10.1. The van der Waals surface area contributed by atoms with E-state index in [0.717, 1.165) is 29.1 Å². The van der Waals surface area contributed by atoms with E-state index < -0.39 is 5.60 Å². The summed E-state index contributed by atoms with van der Waals surface area (Å²) in [7, 11) is 0. The van der Waals surface area contributed by atoms with Gasteiger partial charge in [-0.2, -0.15) is 0 Å². The van der Waals surface area contributed by atoms with E-state index in [1.54, 1.807) is 11.8 Å². The van der Waals surface area contributed by atoms with Gasteiger partial charge in [0, 0.05) is 5.56 Å². The summed E-state index contributed by atoms with van der Waals surface area (Å²) in [6, 6.07) is 6.04. The van der Waals surface area contributed by atoms with Crippen LogP contribution < -0.4 is 4.74 Å². The molecule has 1 N–H and O–H groups in total. The average Bonchev–Trinajstić information content (AvgIpc) is 2.78. The zero-order valence-electron chi connectivity index (χ0n) is 8.91. The van der Waals surface area contributed by atoms with Gasteiger partial charge in [-0.15, -0.1) is 0 Å². The molecule has 3 heteroatoms. The Morgan fingerprint density at radius 1 is 1.33 bits per heavy atom. The Morgan fingerprint density at radius 2 is 2.07 bits per heavy atom. The summed E-state index contributed by atoms with van der Waals surface area (Å²) in [6.07, 6.45) is 1.72. The summed E-state index contributed by atoms with van der Waals surface area (Å²) in [4.78, 5) is 0.946. The van der Waals surface area contributed by atoms with Crippen molar-refractivity contribution in [2.24, 2.45) is 0 Å². The highest BCUT2D eigenvalue weighted by atomic mass is 32.2. The Hall–Kier alpha value is -0.670. The molecule has 0 bridgehead atoms. The largest absolute Gasteiger partial charge is 0.475 e. The molecule has 0 spiro atoms. The van der Waals surface area contributed by atoms with E-state index in [-0.39, 0.29) is 4.93 Å². The topological polar surface area (TPSA) is 29.5 Å². The molecule has 1 heterocycles. The fourth-order valence-corrected chi connectivity index (χ4v) is 3.03. The van der Waals surface area contributed by atoms with Crippen LogP contribution in [0.5, 0.6) is 5.75 Å². The van der Waals surface area contributed by atoms with Crippen LogP contribution in [0.4, 0.5) is 0 Å². The Kier molecular flexibility index (Phi) is 1.73. The molecule has 1 fully saturated rings. The smallest absolute Gasteiger partial charge is 0.153 e. The molecule has 2 aliphatic rings. The molecule has 1 saturated carbocycles. The van der Waals surface area contributed by atoms with Crippen molar-refractivity contribution in [2.45, 2.75) is 42.1 Å². The number of rotatable bonds is 1. The van der Waals surface area contributed by atoms with Crippen LogP contribution >= 0.6 is 11.8 Å². The summed E-state index contributed by atoms with van der Waals surface area (Å²) < 4.78 is 5.89. The van der Waals surface area contributed by atoms with E-state index in [2.05, 4.69) is 19.9 Å². The van der Waals surface area contributed by atoms with Crippen LogP contribution in [0.2, 0.25) is 0 Å². The van der Waals surface area contributed by atoms with Crippen LogP contribution in [0, 0.1) is 0 Å². The molecule has 2 nitrogen and oxygen atoms in total. The van der Waals surface area contributed by atoms with Crippen LogP contribution in [0.3, 0.4) is 0 Å². The highest BCUT2D eigenvalue weighted by Crippen LogP contribution is 2.56. The molecule has 0 atom stereocenters. The Morgan fingerprint density at radius 3 is 2.73 bits per heavy atom. The molecule has 1 aromatic carbocycles. The van der Waals surface area contributed by atoms with Gasteiger partial charge < -0.3 is 9.84 Å². The van der Waals surface area contributed by atoms with E-state index in [0.29, 0.717) is 0 Å². The van der Waals surface area contributed by atoms with Crippen LogP contribution in [0.15, 0.2) is 23.1 Å². The van der Waals surface area contributed by atoms with Crippen molar-refractivity contribution in [3.63, 3.8) is 0 Å². The normalized spacial score (nSPS) is 24.5. The second-order valence-corrected chi connectivity index (χ2v) is 6.40. The van der Waals surface area contributed by atoms with E-state index in [9.17, 15) is 5.11 Å². The molecule has 15 heavy (non-hydrogen) atoms. The first kappa shape index (κ1) is 9.55. The van der Waals surface area contributed by atoms with Crippen molar-refractivity contribution in [3.8, 4) is 5.75 Å². The van der Waals surface area contributed by atoms with Gasteiger partial charge in [-0.3, -0.25) is 0 Å². The molecule has 0 amide bonds. The quantitative estimate of drug-likeness (QED) is 0.792. The minimum atomic E-state index is -0.605. The Balaban J connectivity index is 2.10. The van der Waals surface area contributed by atoms with Gasteiger partial charge in [-0.1, -0.05) is 23.9 Å². The van der Waals surface area contributed by atoms with Crippen LogP contribution in [-0.2, 0) is 5.60 Å². The molecule has 0 unspecified atom stereocenters. The first-order chi connectivity index (χ1) is 7.00. The second-order valence-electron chi connectivity index (χ2n) is 4.77. The predicted molar refractivity (Wildman–Crippen MR) is 60.1 cm³/mol. The first-order valence-corrected chi connectivity index (χ1v) is 6.06. The molecule has 1 aliphatic carbocycles. The van der Waals surface area contributed by atoms with Crippen molar-refractivity contribution in [3.05, 3.63) is 23.8 Å².